The fourth-order valence-corrected chi connectivity index (χ4v) is 1.15. The number of hydrogen-bond donors (Lipinski definition) is 1. The lowest BCUT2D eigenvalue weighted by Crippen LogP contribution is -2.25. The molecule has 0 saturated heterocycles. The minimum absolute atomic E-state index is 0.103. The lowest BCUT2D eigenvalue weighted by molar-refractivity contribution is -0.170. The van der Waals surface area contributed by atoms with Gasteiger partial charge in [-0.05, 0) is 12.1 Å². The van der Waals surface area contributed by atoms with E-state index in [0.29, 0.717) is 0 Å². The molecule has 0 aromatic heterocycles. The maximum atomic E-state index is 11.9. The van der Waals surface area contributed by atoms with Gasteiger partial charge in [0.05, 0.1) is 12.0 Å². The topological polar surface area (TPSA) is 71.4 Å². The van der Waals surface area contributed by atoms with Crippen LogP contribution in [0.3, 0.4) is 0 Å². The van der Waals surface area contributed by atoms with Crippen LogP contribution < -0.4 is 0 Å². The normalized spacial score (nSPS) is 11.1. The van der Waals surface area contributed by atoms with Crippen LogP contribution in [-0.2, 0) is 4.79 Å². The van der Waals surface area contributed by atoms with Gasteiger partial charge in [0.1, 0.15) is 0 Å². The molecule has 1 rings (SSSR count). The third-order valence-corrected chi connectivity index (χ3v) is 2.09. The highest BCUT2D eigenvalue weighted by Gasteiger charge is 2.39. The molecule has 0 atom stereocenters. The molecule has 0 heterocycles. The van der Waals surface area contributed by atoms with Crippen LogP contribution in [0.25, 0.3) is 0 Å². The second-order valence-electron chi connectivity index (χ2n) is 3.40. The van der Waals surface area contributed by atoms with Gasteiger partial charge in [-0.3, -0.25) is 9.59 Å². The maximum absolute atomic E-state index is 11.9. The standard InChI is InChI=1S/C11H7F3O4/c12-11(13,14)9(16)5-8(15)6-1-3-7(4-2-6)10(17)18/h1-4H,5H2,(H,17,18). The Balaban J connectivity index is 2.80. The van der Waals surface area contributed by atoms with E-state index in [-0.39, 0.29) is 11.1 Å². The molecule has 1 N–H and O–H groups in total. The minimum atomic E-state index is -5.04. The van der Waals surface area contributed by atoms with Crippen molar-refractivity contribution in [2.75, 3.05) is 0 Å². The molecule has 1 aromatic carbocycles. The molecule has 0 aliphatic carbocycles. The third kappa shape index (κ3) is 3.41. The molecule has 18 heavy (non-hydrogen) atoms. The van der Waals surface area contributed by atoms with Crippen molar-refractivity contribution in [2.24, 2.45) is 0 Å². The summed E-state index contributed by atoms with van der Waals surface area (Å²) >= 11 is 0. The number of carbonyl (C=O) groups excluding carboxylic acids is 2. The Morgan fingerprint density at radius 3 is 1.83 bits per heavy atom. The van der Waals surface area contributed by atoms with E-state index in [1.54, 1.807) is 0 Å². The summed E-state index contributed by atoms with van der Waals surface area (Å²) in [5.41, 5.74) is -0.244. The Morgan fingerprint density at radius 2 is 1.44 bits per heavy atom. The average Bonchev–Trinajstić information content (AvgIpc) is 2.27. The number of halogens is 3. The Morgan fingerprint density at radius 1 is 1.00 bits per heavy atom. The predicted octanol–water partition coefficient (Wildman–Crippen LogP) is 2.09. The largest absolute Gasteiger partial charge is 0.478 e. The lowest BCUT2D eigenvalue weighted by atomic mass is 10.0. The van der Waals surface area contributed by atoms with Crippen molar-refractivity contribution in [1.82, 2.24) is 0 Å². The van der Waals surface area contributed by atoms with Crippen molar-refractivity contribution in [1.29, 1.82) is 0 Å². The quantitative estimate of drug-likeness (QED) is 0.664. The highest BCUT2D eigenvalue weighted by atomic mass is 19.4. The van der Waals surface area contributed by atoms with Gasteiger partial charge in [0.15, 0.2) is 5.78 Å². The Labute approximate surface area is 99.0 Å². The molecule has 0 aliphatic rings. The van der Waals surface area contributed by atoms with Crippen LogP contribution in [0.5, 0.6) is 0 Å². The summed E-state index contributed by atoms with van der Waals surface area (Å²) in [6, 6.07) is 4.28. The molecule has 4 nitrogen and oxygen atoms in total. The van der Waals surface area contributed by atoms with Crippen LogP contribution >= 0.6 is 0 Å². The van der Waals surface area contributed by atoms with Crippen LogP contribution in [0.4, 0.5) is 13.2 Å². The van der Waals surface area contributed by atoms with Crippen LogP contribution in [-0.4, -0.2) is 28.8 Å². The molecule has 0 unspecified atom stereocenters. The number of alkyl halides is 3. The molecule has 7 heteroatoms. The second-order valence-corrected chi connectivity index (χ2v) is 3.40. The van der Waals surface area contributed by atoms with Gasteiger partial charge in [-0.15, -0.1) is 0 Å². The van der Waals surface area contributed by atoms with Crippen LogP contribution in [0.2, 0.25) is 0 Å². The molecule has 96 valence electrons. The zero-order chi connectivity index (χ0) is 13.9. The van der Waals surface area contributed by atoms with Gasteiger partial charge >= 0.3 is 12.1 Å². The lowest BCUT2D eigenvalue weighted by Gasteiger charge is -2.04. The van der Waals surface area contributed by atoms with Gasteiger partial charge in [0, 0.05) is 5.56 Å². The zero-order valence-electron chi connectivity index (χ0n) is 8.82. The average molecular weight is 260 g/mol. The molecular weight excluding hydrogens is 253 g/mol. The molecule has 0 aliphatic heterocycles. The number of carboxylic acids is 1. The second kappa shape index (κ2) is 4.99. The molecular formula is C11H7F3O4. The van der Waals surface area contributed by atoms with E-state index in [0.717, 1.165) is 24.3 Å². The van der Waals surface area contributed by atoms with E-state index >= 15 is 0 Å². The number of aromatic carboxylic acids is 1. The first-order valence-electron chi connectivity index (χ1n) is 4.68. The summed E-state index contributed by atoms with van der Waals surface area (Å²) in [4.78, 5) is 32.4. The van der Waals surface area contributed by atoms with E-state index in [1.165, 1.54) is 0 Å². The fraction of sp³-hybridized carbons (Fsp3) is 0.182. The Bertz CT molecular complexity index is 488. The van der Waals surface area contributed by atoms with Crippen molar-refractivity contribution < 1.29 is 32.7 Å². The number of carbonyl (C=O) groups is 3. The maximum Gasteiger partial charge on any atom is 0.450 e. The number of carboxylic acid groups (broad SMARTS) is 1. The molecule has 0 saturated carbocycles. The predicted molar refractivity (Wildman–Crippen MR) is 53.4 cm³/mol. The van der Waals surface area contributed by atoms with Crippen molar-refractivity contribution in [3.63, 3.8) is 0 Å². The van der Waals surface area contributed by atoms with E-state index in [1.807, 2.05) is 0 Å². The van der Waals surface area contributed by atoms with Gasteiger partial charge in [-0.1, -0.05) is 12.1 Å². The number of rotatable bonds is 4. The molecule has 0 amide bonds. The van der Waals surface area contributed by atoms with Crippen LogP contribution in [0.1, 0.15) is 27.1 Å². The molecule has 0 spiro atoms. The van der Waals surface area contributed by atoms with Crippen molar-refractivity contribution in [3.05, 3.63) is 35.4 Å². The van der Waals surface area contributed by atoms with Crippen molar-refractivity contribution in [2.45, 2.75) is 12.6 Å². The third-order valence-electron chi connectivity index (χ3n) is 2.09. The first-order chi connectivity index (χ1) is 8.21. The first-order valence-corrected chi connectivity index (χ1v) is 4.68. The number of Topliss-reactive ketones (excluding diaryl/α,β-unsaturated/α-hetero) is 2. The van der Waals surface area contributed by atoms with Gasteiger partial charge in [0.25, 0.3) is 0 Å². The van der Waals surface area contributed by atoms with E-state index < -0.39 is 30.1 Å². The fourth-order valence-electron chi connectivity index (χ4n) is 1.15. The number of ketones is 2. The Kier molecular flexibility index (Phi) is 3.85. The molecule has 0 radical (unpaired) electrons. The van der Waals surface area contributed by atoms with Crippen LogP contribution in [0, 0.1) is 0 Å². The van der Waals surface area contributed by atoms with Crippen LogP contribution in [0.15, 0.2) is 24.3 Å². The minimum Gasteiger partial charge on any atom is -0.478 e. The molecule has 0 fully saturated rings. The summed E-state index contributed by atoms with van der Waals surface area (Å²) in [5.74, 6) is -4.36. The monoisotopic (exact) mass is 260 g/mol. The summed E-state index contributed by atoms with van der Waals surface area (Å²) in [5, 5.41) is 8.58. The first kappa shape index (κ1) is 13.9. The SMILES string of the molecule is O=C(O)c1ccc(C(=O)CC(=O)C(F)(F)F)cc1. The van der Waals surface area contributed by atoms with Gasteiger partial charge in [-0.25, -0.2) is 4.79 Å². The van der Waals surface area contributed by atoms with Crippen molar-refractivity contribution in [3.8, 4) is 0 Å². The highest BCUT2D eigenvalue weighted by Crippen LogP contribution is 2.19. The van der Waals surface area contributed by atoms with Gasteiger partial charge in [-0.2, -0.15) is 13.2 Å². The highest BCUT2D eigenvalue weighted by molar-refractivity contribution is 6.09. The number of hydrogen-bond acceptors (Lipinski definition) is 3. The molecule has 0 bridgehead atoms. The van der Waals surface area contributed by atoms with E-state index in [2.05, 4.69) is 0 Å². The van der Waals surface area contributed by atoms with Crippen molar-refractivity contribution >= 4 is 17.5 Å². The summed E-state index contributed by atoms with van der Waals surface area (Å²) in [6.45, 7) is 0. The number of benzene rings is 1. The zero-order valence-corrected chi connectivity index (χ0v) is 8.82. The summed E-state index contributed by atoms with van der Waals surface area (Å²) in [6.07, 6.45) is -6.33. The Hall–Kier alpha value is -2.18. The van der Waals surface area contributed by atoms with E-state index in [4.69, 9.17) is 5.11 Å². The smallest absolute Gasteiger partial charge is 0.450 e. The van der Waals surface area contributed by atoms with Gasteiger partial charge in [0.2, 0.25) is 5.78 Å². The summed E-state index contributed by atoms with van der Waals surface area (Å²) < 4.78 is 35.7. The van der Waals surface area contributed by atoms with Gasteiger partial charge < -0.3 is 5.11 Å². The summed E-state index contributed by atoms with van der Waals surface area (Å²) in [7, 11) is 0. The molecule has 1 aromatic rings. The van der Waals surface area contributed by atoms with E-state index in [9.17, 15) is 27.6 Å².